The van der Waals surface area contributed by atoms with Gasteiger partial charge in [0.2, 0.25) is 0 Å². The standard InChI is InChI=1S/C7H9ClN2O3/c1-10-5(7(11)13-3)4(8)6(9-10)12-2/h1-3H3. The third-order valence-corrected chi connectivity index (χ3v) is 1.87. The van der Waals surface area contributed by atoms with Gasteiger partial charge < -0.3 is 9.47 Å². The van der Waals surface area contributed by atoms with Crippen LogP contribution in [0.25, 0.3) is 0 Å². The second-order valence-electron chi connectivity index (χ2n) is 2.29. The summed E-state index contributed by atoms with van der Waals surface area (Å²) in [6, 6.07) is 0. The summed E-state index contributed by atoms with van der Waals surface area (Å²) in [5, 5.41) is 4.02. The molecule has 1 heterocycles. The molecule has 13 heavy (non-hydrogen) atoms. The van der Waals surface area contributed by atoms with Crippen LogP contribution >= 0.6 is 11.6 Å². The summed E-state index contributed by atoms with van der Waals surface area (Å²) < 4.78 is 10.7. The number of rotatable bonds is 2. The molecule has 0 atom stereocenters. The van der Waals surface area contributed by atoms with Crippen molar-refractivity contribution in [1.29, 1.82) is 0 Å². The summed E-state index contributed by atoms with van der Waals surface area (Å²) in [6.45, 7) is 0. The lowest BCUT2D eigenvalue weighted by molar-refractivity contribution is 0.0588. The molecule has 1 aromatic heterocycles. The molecule has 5 nitrogen and oxygen atoms in total. The van der Waals surface area contributed by atoms with E-state index in [2.05, 4.69) is 9.84 Å². The van der Waals surface area contributed by atoms with Crippen LogP contribution in [0.2, 0.25) is 5.02 Å². The van der Waals surface area contributed by atoms with Crippen molar-refractivity contribution in [2.45, 2.75) is 0 Å². The number of aryl methyl sites for hydroxylation is 1. The van der Waals surface area contributed by atoms with Gasteiger partial charge in [-0.3, -0.25) is 4.68 Å². The van der Waals surface area contributed by atoms with Gasteiger partial charge in [-0.05, 0) is 0 Å². The predicted molar refractivity (Wildman–Crippen MR) is 46.1 cm³/mol. The average molecular weight is 205 g/mol. The van der Waals surface area contributed by atoms with Crippen LogP contribution in [0.15, 0.2) is 0 Å². The summed E-state index contributed by atoms with van der Waals surface area (Å²) in [4.78, 5) is 11.2. The van der Waals surface area contributed by atoms with Gasteiger partial charge in [-0.25, -0.2) is 4.79 Å². The Balaban J connectivity index is 3.20. The number of carbonyl (C=O) groups is 1. The zero-order chi connectivity index (χ0) is 10.0. The van der Waals surface area contributed by atoms with Gasteiger partial charge in [0.15, 0.2) is 5.69 Å². The Labute approximate surface area is 80.2 Å². The number of hydrogen-bond acceptors (Lipinski definition) is 4. The molecule has 0 saturated carbocycles. The molecule has 6 heteroatoms. The molecule has 0 aliphatic carbocycles. The van der Waals surface area contributed by atoms with Crippen molar-refractivity contribution in [3.05, 3.63) is 10.7 Å². The maximum absolute atomic E-state index is 11.2. The number of aromatic nitrogens is 2. The zero-order valence-corrected chi connectivity index (χ0v) is 8.25. The number of halogens is 1. The molecule has 0 fully saturated rings. The highest BCUT2D eigenvalue weighted by molar-refractivity contribution is 6.34. The minimum absolute atomic E-state index is 0.164. The third-order valence-electron chi connectivity index (χ3n) is 1.53. The molecule has 0 aliphatic rings. The van der Waals surface area contributed by atoms with Crippen molar-refractivity contribution in [1.82, 2.24) is 9.78 Å². The molecule has 0 aromatic carbocycles. The lowest BCUT2D eigenvalue weighted by Gasteiger charge is -1.98. The van der Waals surface area contributed by atoms with Gasteiger partial charge in [-0.2, -0.15) is 0 Å². The highest BCUT2D eigenvalue weighted by Crippen LogP contribution is 2.26. The van der Waals surface area contributed by atoms with Crippen LogP contribution in [-0.4, -0.2) is 30.0 Å². The highest BCUT2D eigenvalue weighted by Gasteiger charge is 2.21. The molecule has 1 aromatic rings. The van der Waals surface area contributed by atoms with Gasteiger partial charge in [0.25, 0.3) is 5.88 Å². The minimum atomic E-state index is -0.539. The van der Waals surface area contributed by atoms with Crippen molar-refractivity contribution in [2.24, 2.45) is 7.05 Å². The van der Waals surface area contributed by atoms with Crippen LogP contribution in [0.1, 0.15) is 10.5 Å². The van der Waals surface area contributed by atoms with Gasteiger partial charge in [-0.15, -0.1) is 5.10 Å². The number of ether oxygens (including phenoxy) is 2. The minimum Gasteiger partial charge on any atom is -0.479 e. The van der Waals surface area contributed by atoms with Gasteiger partial charge in [0.05, 0.1) is 14.2 Å². The van der Waals surface area contributed by atoms with Gasteiger partial charge in [0, 0.05) is 7.05 Å². The van der Waals surface area contributed by atoms with Crippen molar-refractivity contribution >= 4 is 17.6 Å². The topological polar surface area (TPSA) is 53.4 Å². The van der Waals surface area contributed by atoms with Crippen LogP contribution in [0.5, 0.6) is 5.88 Å². The van der Waals surface area contributed by atoms with Gasteiger partial charge in [0.1, 0.15) is 5.02 Å². The zero-order valence-electron chi connectivity index (χ0n) is 7.50. The number of hydrogen-bond donors (Lipinski definition) is 0. The summed E-state index contributed by atoms with van der Waals surface area (Å²) in [5.74, 6) is -0.326. The Kier molecular flexibility index (Phi) is 2.77. The molecule has 0 radical (unpaired) electrons. The first-order chi connectivity index (χ1) is 6.11. The second-order valence-corrected chi connectivity index (χ2v) is 2.67. The van der Waals surface area contributed by atoms with E-state index < -0.39 is 5.97 Å². The van der Waals surface area contributed by atoms with E-state index in [4.69, 9.17) is 16.3 Å². The first-order valence-electron chi connectivity index (χ1n) is 3.46. The second kappa shape index (κ2) is 3.66. The van der Waals surface area contributed by atoms with Crippen LogP contribution in [0, 0.1) is 0 Å². The Hall–Kier alpha value is -1.23. The molecule has 0 aliphatic heterocycles. The summed E-state index contributed by atoms with van der Waals surface area (Å²) in [6.07, 6.45) is 0. The van der Waals surface area contributed by atoms with E-state index in [-0.39, 0.29) is 16.6 Å². The first-order valence-corrected chi connectivity index (χ1v) is 3.84. The molecule has 0 saturated heterocycles. The fourth-order valence-electron chi connectivity index (χ4n) is 0.922. The van der Waals surface area contributed by atoms with Gasteiger partial charge >= 0.3 is 5.97 Å². The van der Waals surface area contributed by atoms with Crippen LogP contribution < -0.4 is 4.74 Å². The SMILES string of the molecule is COC(=O)c1c(Cl)c(OC)nn1C. The molecule has 0 unspecified atom stereocenters. The van der Waals surface area contributed by atoms with E-state index in [1.165, 1.54) is 18.9 Å². The number of nitrogens with zero attached hydrogens (tertiary/aromatic N) is 2. The predicted octanol–water partition coefficient (Wildman–Crippen LogP) is 0.869. The smallest absolute Gasteiger partial charge is 0.358 e. The maximum Gasteiger partial charge on any atom is 0.358 e. The summed E-state index contributed by atoms with van der Waals surface area (Å²) in [5.41, 5.74) is 0.181. The summed E-state index contributed by atoms with van der Waals surface area (Å²) in [7, 11) is 4.29. The largest absolute Gasteiger partial charge is 0.479 e. The van der Waals surface area contributed by atoms with Crippen molar-refractivity contribution in [2.75, 3.05) is 14.2 Å². The van der Waals surface area contributed by atoms with Gasteiger partial charge in [-0.1, -0.05) is 11.6 Å². The van der Waals surface area contributed by atoms with Crippen molar-refractivity contribution in [3.8, 4) is 5.88 Å². The van der Waals surface area contributed by atoms with E-state index >= 15 is 0 Å². The number of carbonyl (C=O) groups excluding carboxylic acids is 1. The average Bonchev–Trinajstić information content (AvgIpc) is 2.40. The molecule has 72 valence electrons. The maximum atomic E-state index is 11.2. The van der Waals surface area contributed by atoms with Crippen LogP contribution in [0.3, 0.4) is 0 Å². The van der Waals surface area contributed by atoms with Crippen molar-refractivity contribution < 1.29 is 14.3 Å². The Morgan fingerprint density at radius 1 is 1.54 bits per heavy atom. The Morgan fingerprint density at radius 3 is 2.54 bits per heavy atom. The van der Waals surface area contributed by atoms with E-state index in [9.17, 15) is 4.79 Å². The molecular formula is C7H9ClN2O3. The Bertz CT molecular complexity index is 335. The van der Waals surface area contributed by atoms with E-state index in [1.807, 2.05) is 0 Å². The monoisotopic (exact) mass is 204 g/mol. The molecule has 0 amide bonds. The third kappa shape index (κ3) is 1.60. The quantitative estimate of drug-likeness (QED) is 0.671. The van der Waals surface area contributed by atoms with Crippen molar-refractivity contribution in [3.63, 3.8) is 0 Å². The molecule has 0 spiro atoms. The fraction of sp³-hybridized carbons (Fsp3) is 0.429. The van der Waals surface area contributed by atoms with Crippen LogP contribution in [0.4, 0.5) is 0 Å². The highest BCUT2D eigenvalue weighted by atomic mass is 35.5. The normalized spacial score (nSPS) is 9.85. The van der Waals surface area contributed by atoms with E-state index in [1.54, 1.807) is 7.05 Å². The van der Waals surface area contributed by atoms with E-state index in [0.717, 1.165) is 0 Å². The number of methoxy groups -OCH3 is 2. The molecular weight excluding hydrogens is 196 g/mol. The first kappa shape index (κ1) is 9.85. The molecule has 0 N–H and O–H groups in total. The summed E-state index contributed by atoms with van der Waals surface area (Å²) >= 11 is 5.79. The number of esters is 1. The molecule has 1 rings (SSSR count). The lowest BCUT2D eigenvalue weighted by Crippen LogP contribution is -2.08. The van der Waals surface area contributed by atoms with Crippen LogP contribution in [-0.2, 0) is 11.8 Å². The lowest BCUT2D eigenvalue weighted by atomic mass is 10.4. The fourth-order valence-corrected chi connectivity index (χ4v) is 1.24. The molecule has 0 bridgehead atoms. The Morgan fingerprint density at radius 2 is 2.15 bits per heavy atom. The van der Waals surface area contributed by atoms with E-state index in [0.29, 0.717) is 0 Å².